The summed E-state index contributed by atoms with van der Waals surface area (Å²) in [5, 5.41) is 4.39. The maximum atomic E-state index is 6.15. The van der Waals surface area contributed by atoms with Gasteiger partial charge in [-0.3, -0.25) is 4.98 Å². The highest BCUT2D eigenvalue weighted by Gasteiger charge is 2.10. The summed E-state index contributed by atoms with van der Waals surface area (Å²) in [7, 11) is 0. The van der Waals surface area contributed by atoms with Gasteiger partial charge in [0.25, 0.3) is 0 Å². The first-order chi connectivity index (χ1) is 8.27. The maximum Gasteiger partial charge on any atom is 0.0621 e. The lowest BCUT2D eigenvalue weighted by atomic mass is 10.0. The average Bonchev–Trinajstić information content (AvgIpc) is 2.35. The second-order valence-electron chi connectivity index (χ2n) is 4.46. The highest BCUT2D eigenvalue weighted by Crippen LogP contribution is 2.17. The van der Waals surface area contributed by atoms with Crippen LogP contribution in [-0.4, -0.2) is 17.6 Å². The second-order valence-corrected chi connectivity index (χ2v) is 4.87. The van der Waals surface area contributed by atoms with Gasteiger partial charge >= 0.3 is 0 Å². The van der Waals surface area contributed by atoms with E-state index < -0.39 is 0 Å². The lowest BCUT2D eigenvalue weighted by molar-refractivity contribution is 0.462. The number of unbranched alkanes of at least 4 members (excludes halogenated alkanes) is 1. The van der Waals surface area contributed by atoms with Crippen LogP contribution >= 0.6 is 11.6 Å². The van der Waals surface area contributed by atoms with Gasteiger partial charge in [-0.25, -0.2) is 0 Å². The van der Waals surface area contributed by atoms with Gasteiger partial charge in [0.2, 0.25) is 0 Å². The summed E-state index contributed by atoms with van der Waals surface area (Å²) in [5.41, 5.74) is 1.20. The Labute approximate surface area is 110 Å². The van der Waals surface area contributed by atoms with E-state index in [9.17, 15) is 0 Å². The fraction of sp³-hybridized carbons (Fsp3) is 0.643. The molecule has 0 saturated heterocycles. The molecule has 0 aromatic carbocycles. The minimum atomic E-state index is 0.537. The molecular weight excluding hydrogens is 232 g/mol. The smallest absolute Gasteiger partial charge is 0.0621 e. The molecule has 0 amide bonds. The van der Waals surface area contributed by atoms with Gasteiger partial charge < -0.3 is 5.32 Å². The van der Waals surface area contributed by atoms with Crippen molar-refractivity contribution in [3.63, 3.8) is 0 Å². The number of nitrogens with one attached hydrogen (secondary N) is 1. The molecule has 0 aliphatic rings. The Hall–Kier alpha value is -0.600. The van der Waals surface area contributed by atoms with Crippen molar-refractivity contribution < 1.29 is 0 Å². The van der Waals surface area contributed by atoms with Crippen molar-refractivity contribution >= 4 is 11.6 Å². The molecule has 1 heterocycles. The van der Waals surface area contributed by atoms with E-state index in [0.717, 1.165) is 18.0 Å². The van der Waals surface area contributed by atoms with E-state index in [4.69, 9.17) is 11.6 Å². The maximum absolute atomic E-state index is 6.15. The summed E-state index contributed by atoms with van der Waals surface area (Å²) in [6, 6.07) is 2.56. The number of aromatic nitrogens is 1. The number of nitrogens with zero attached hydrogens (tertiary/aromatic N) is 1. The van der Waals surface area contributed by atoms with Gasteiger partial charge in [-0.05, 0) is 37.4 Å². The van der Waals surface area contributed by atoms with Crippen molar-refractivity contribution in [1.82, 2.24) is 10.3 Å². The van der Waals surface area contributed by atoms with E-state index in [1.807, 2.05) is 12.3 Å². The van der Waals surface area contributed by atoms with Crippen molar-refractivity contribution in [2.24, 2.45) is 0 Å². The third kappa shape index (κ3) is 5.51. The van der Waals surface area contributed by atoms with E-state index in [0.29, 0.717) is 6.04 Å². The van der Waals surface area contributed by atoms with Crippen LogP contribution in [0.3, 0.4) is 0 Å². The van der Waals surface area contributed by atoms with E-state index in [-0.39, 0.29) is 0 Å². The molecule has 1 atom stereocenters. The molecule has 0 bridgehead atoms. The van der Waals surface area contributed by atoms with Crippen LogP contribution in [0.2, 0.25) is 5.02 Å². The third-order valence-electron chi connectivity index (χ3n) is 2.91. The lowest BCUT2D eigenvalue weighted by Crippen LogP contribution is -2.31. The first kappa shape index (κ1) is 14.5. The molecule has 1 rings (SSSR count). The van der Waals surface area contributed by atoms with Crippen molar-refractivity contribution in [3.8, 4) is 0 Å². The van der Waals surface area contributed by atoms with Gasteiger partial charge in [0, 0.05) is 18.4 Å². The molecule has 0 aliphatic heterocycles. The first-order valence-corrected chi connectivity index (χ1v) is 6.97. The zero-order valence-corrected chi connectivity index (χ0v) is 11.6. The fourth-order valence-corrected chi connectivity index (χ4v) is 2.11. The first-order valence-electron chi connectivity index (χ1n) is 6.59. The molecule has 0 radical (unpaired) electrons. The molecule has 96 valence electrons. The molecule has 2 nitrogen and oxygen atoms in total. The Morgan fingerprint density at radius 1 is 1.35 bits per heavy atom. The van der Waals surface area contributed by atoms with Crippen molar-refractivity contribution in [3.05, 3.63) is 29.0 Å². The molecule has 1 unspecified atom stereocenters. The number of pyridine rings is 1. The molecule has 0 fully saturated rings. The van der Waals surface area contributed by atoms with Crippen LogP contribution in [0.15, 0.2) is 18.5 Å². The molecule has 0 spiro atoms. The summed E-state index contributed by atoms with van der Waals surface area (Å²) in [6.07, 6.45) is 9.45. The normalized spacial score (nSPS) is 12.6. The monoisotopic (exact) mass is 254 g/mol. The summed E-state index contributed by atoms with van der Waals surface area (Å²) in [6.45, 7) is 5.51. The van der Waals surface area contributed by atoms with E-state index in [1.54, 1.807) is 6.20 Å². The quantitative estimate of drug-likeness (QED) is 0.763. The van der Waals surface area contributed by atoms with Crippen LogP contribution in [0, 0.1) is 0 Å². The molecule has 17 heavy (non-hydrogen) atoms. The van der Waals surface area contributed by atoms with Gasteiger partial charge in [-0.2, -0.15) is 0 Å². The van der Waals surface area contributed by atoms with E-state index in [1.165, 1.54) is 31.2 Å². The summed E-state index contributed by atoms with van der Waals surface area (Å²) in [4.78, 5) is 4.02. The predicted molar refractivity (Wildman–Crippen MR) is 74.6 cm³/mol. The number of hydrogen-bond donors (Lipinski definition) is 1. The zero-order valence-electron chi connectivity index (χ0n) is 10.9. The summed E-state index contributed by atoms with van der Waals surface area (Å²) < 4.78 is 0. The Kier molecular flexibility index (Phi) is 7.22. The van der Waals surface area contributed by atoms with Crippen LogP contribution in [0.5, 0.6) is 0 Å². The summed E-state index contributed by atoms with van der Waals surface area (Å²) >= 11 is 6.15. The zero-order chi connectivity index (χ0) is 12.5. The second kappa shape index (κ2) is 8.48. The minimum Gasteiger partial charge on any atom is -0.314 e. The number of hydrogen-bond acceptors (Lipinski definition) is 2. The predicted octanol–water partition coefficient (Wildman–Crippen LogP) is 3.84. The molecule has 0 aliphatic carbocycles. The standard InChI is InChI=1S/C14H23ClN2/c1-3-5-6-13(17-8-4-2)10-12-7-9-16-11-14(12)15/h7,9,11,13,17H,3-6,8,10H2,1-2H3. The van der Waals surface area contributed by atoms with Crippen molar-refractivity contribution in [1.29, 1.82) is 0 Å². The van der Waals surface area contributed by atoms with Gasteiger partial charge in [0.05, 0.1) is 5.02 Å². The molecule has 1 aromatic rings. The largest absolute Gasteiger partial charge is 0.314 e. The van der Waals surface area contributed by atoms with Crippen LogP contribution in [0.4, 0.5) is 0 Å². The molecule has 0 saturated carbocycles. The van der Waals surface area contributed by atoms with Crippen LogP contribution in [0.25, 0.3) is 0 Å². The van der Waals surface area contributed by atoms with Gasteiger partial charge in [-0.1, -0.05) is 38.3 Å². The number of halogens is 1. The lowest BCUT2D eigenvalue weighted by Gasteiger charge is -2.18. The number of rotatable bonds is 8. The van der Waals surface area contributed by atoms with Crippen LogP contribution in [-0.2, 0) is 6.42 Å². The van der Waals surface area contributed by atoms with Crippen LogP contribution in [0.1, 0.15) is 45.1 Å². The average molecular weight is 255 g/mol. The topological polar surface area (TPSA) is 24.9 Å². The highest BCUT2D eigenvalue weighted by molar-refractivity contribution is 6.31. The molecule has 1 N–H and O–H groups in total. The minimum absolute atomic E-state index is 0.537. The highest BCUT2D eigenvalue weighted by atomic mass is 35.5. The Morgan fingerprint density at radius 3 is 2.82 bits per heavy atom. The van der Waals surface area contributed by atoms with Gasteiger partial charge in [0.1, 0.15) is 0 Å². The SMILES string of the molecule is CCCCC(Cc1ccncc1Cl)NCCC. The van der Waals surface area contributed by atoms with E-state index in [2.05, 4.69) is 24.1 Å². The fourth-order valence-electron chi connectivity index (χ4n) is 1.91. The van der Waals surface area contributed by atoms with Gasteiger partial charge in [0.15, 0.2) is 0 Å². The Balaban J connectivity index is 2.55. The molecule has 3 heteroatoms. The van der Waals surface area contributed by atoms with E-state index >= 15 is 0 Å². The summed E-state index contributed by atoms with van der Waals surface area (Å²) in [5.74, 6) is 0. The Bertz CT molecular complexity index is 307. The van der Waals surface area contributed by atoms with Gasteiger partial charge in [-0.15, -0.1) is 0 Å². The molecular formula is C14H23ClN2. The van der Waals surface area contributed by atoms with Crippen LogP contribution < -0.4 is 5.32 Å². The van der Waals surface area contributed by atoms with Crippen molar-refractivity contribution in [2.45, 2.75) is 52.0 Å². The molecule has 1 aromatic heterocycles. The van der Waals surface area contributed by atoms with Crippen molar-refractivity contribution in [2.75, 3.05) is 6.54 Å². The third-order valence-corrected chi connectivity index (χ3v) is 3.25. The Morgan fingerprint density at radius 2 is 2.18 bits per heavy atom.